The number of rotatable bonds is 5. The molecule has 3 rings (SSSR count). The first-order valence-electron chi connectivity index (χ1n) is 7.66. The average Bonchev–Trinajstić information content (AvgIpc) is 3.11. The fraction of sp³-hybridized carbons (Fsp3) is 0.471. The molecule has 22 heavy (non-hydrogen) atoms. The summed E-state index contributed by atoms with van der Waals surface area (Å²) in [5.41, 5.74) is 0. The Morgan fingerprint density at radius 2 is 2.45 bits per heavy atom. The van der Waals surface area contributed by atoms with Gasteiger partial charge in [0.15, 0.2) is 0 Å². The first-order valence-corrected chi connectivity index (χ1v) is 8.54. The average molecular weight is 319 g/mol. The Morgan fingerprint density at radius 1 is 1.55 bits per heavy atom. The molecule has 2 bridgehead atoms. The Bertz CT molecular complexity index is 540. The summed E-state index contributed by atoms with van der Waals surface area (Å²) in [6.07, 6.45) is 7.23. The zero-order valence-corrected chi connectivity index (χ0v) is 13.3. The predicted molar refractivity (Wildman–Crippen MR) is 87.8 cm³/mol. The maximum absolute atomic E-state index is 12.6. The molecular weight excluding hydrogens is 298 g/mol. The van der Waals surface area contributed by atoms with Gasteiger partial charge in [0.1, 0.15) is 6.10 Å². The molecule has 0 aromatic carbocycles. The van der Waals surface area contributed by atoms with Gasteiger partial charge in [-0.05, 0) is 30.4 Å². The molecule has 2 heterocycles. The van der Waals surface area contributed by atoms with Crippen molar-refractivity contribution in [2.24, 2.45) is 0 Å². The van der Waals surface area contributed by atoms with Gasteiger partial charge in [-0.15, -0.1) is 17.9 Å². The summed E-state index contributed by atoms with van der Waals surface area (Å²) in [5.74, 6) is 0.0387. The largest absolute Gasteiger partial charge is 0.374 e. The van der Waals surface area contributed by atoms with Crippen LogP contribution in [0.2, 0.25) is 0 Å². The van der Waals surface area contributed by atoms with E-state index < -0.39 is 0 Å². The second-order valence-corrected chi connectivity index (χ2v) is 6.50. The van der Waals surface area contributed by atoms with Crippen molar-refractivity contribution in [3.63, 3.8) is 0 Å². The number of nitrogens with zero attached hydrogens (tertiary/aromatic N) is 1. The standard InChI is InChI=1S/C17H21NO3S/c1-2-10-21-17-14-6-7-15(17)20-11-9-18(14)16(19)8-5-13-4-3-12-22-13/h2-5,8,12,14-15,17H,1,6-7,9-11H2/b8-5+/t14-,15-,17+/m1/s1. The quantitative estimate of drug-likeness (QED) is 0.619. The molecule has 118 valence electrons. The fourth-order valence-electron chi connectivity index (χ4n) is 3.20. The predicted octanol–water partition coefficient (Wildman–Crippen LogP) is 2.72. The third kappa shape index (κ3) is 3.32. The lowest BCUT2D eigenvalue weighted by atomic mass is 10.1. The zero-order valence-electron chi connectivity index (χ0n) is 12.5. The molecule has 0 radical (unpaired) electrons. The Hall–Kier alpha value is -1.43. The summed E-state index contributed by atoms with van der Waals surface area (Å²) in [6, 6.07) is 4.09. The van der Waals surface area contributed by atoms with E-state index >= 15 is 0 Å². The summed E-state index contributed by atoms with van der Waals surface area (Å²) < 4.78 is 11.7. The first kappa shape index (κ1) is 15.5. The topological polar surface area (TPSA) is 38.8 Å². The number of thiophene rings is 1. The minimum Gasteiger partial charge on any atom is -0.374 e. The molecule has 3 atom stereocenters. The number of amides is 1. The Labute approximate surface area is 135 Å². The van der Waals surface area contributed by atoms with Gasteiger partial charge in [-0.3, -0.25) is 4.79 Å². The third-order valence-electron chi connectivity index (χ3n) is 4.18. The summed E-state index contributed by atoms with van der Waals surface area (Å²) in [5, 5.41) is 2.00. The van der Waals surface area contributed by atoms with Crippen LogP contribution in [0, 0.1) is 0 Å². The van der Waals surface area contributed by atoms with E-state index in [4.69, 9.17) is 9.47 Å². The smallest absolute Gasteiger partial charge is 0.247 e. The lowest BCUT2D eigenvalue weighted by Crippen LogP contribution is -2.45. The van der Waals surface area contributed by atoms with E-state index in [0.29, 0.717) is 19.8 Å². The van der Waals surface area contributed by atoms with Crippen molar-refractivity contribution in [1.29, 1.82) is 0 Å². The highest BCUT2D eigenvalue weighted by molar-refractivity contribution is 7.10. The molecule has 5 heteroatoms. The van der Waals surface area contributed by atoms with Crippen molar-refractivity contribution in [3.8, 4) is 0 Å². The molecule has 1 saturated heterocycles. The molecule has 0 unspecified atom stereocenters. The van der Waals surface area contributed by atoms with Crippen LogP contribution in [0.4, 0.5) is 0 Å². The van der Waals surface area contributed by atoms with E-state index in [2.05, 4.69) is 6.58 Å². The minimum atomic E-state index is -0.0420. The third-order valence-corrected chi connectivity index (χ3v) is 5.02. The molecule has 1 aromatic rings. The van der Waals surface area contributed by atoms with Gasteiger partial charge in [-0.25, -0.2) is 0 Å². The van der Waals surface area contributed by atoms with E-state index in [1.807, 2.05) is 28.5 Å². The lowest BCUT2D eigenvalue weighted by molar-refractivity contribution is -0.130. The molecule has 0 spiro atoms. The molecule has 0 N–H and O–H groups in total. The van der Waals surface area contributed by atoms with Crippen LogP contribution >= 0.6 is 11.3 Å². The maximum atomic E-state index is 12.6. The Balaban J connectivity index is 1.71. The number of carbonyl (C=O) groups excluding carboxylic acids is 1. The van der Waals surface area contributed by atoms with Gasteiger partial charge in [0.25, 0.3) is 0 Å². The number of fused-ring (bicyclic) bond motifs is 2. The highest BCUT2D eigenvalue weighted by Crippen LogP contribution is 2.32. The van der Waals surface area contributed by atoms with Crippen molar-refractivity contribution in [2.45, 2.75) is 31.1 Å². The molecule has 1 amide bonds. The second-order valence-electron chi connectivity index (χ2n) is 5.52. The molecule has 1 saturated carbocycles. The van der Waals surface area contributed by atoms with E-state index in [1.54, 1.807) is 23.5 Å². The van der Waals surface area contributed by atoms with Crippen molar-refractivity contribution in [1.82, 2.24) is 4.90 Å². The zero-order chi connectivity index (χ0) is 15.4. The van der Waals surface area contributed by atoms with E-state index in [9.17, 15) is 4.79 Å². The first-order chi connectivity index (χ1) is 10.8. The molecule has 4 nitrogen and oxygen atoms in total. The van der Waals surface area contributed by atoms with Crippen LogP contribution in [0.1, 0.15) is 17.7 Å². The Morgan fingerprint density at radius 3 is 3.23 bits per heavy atom. The van der Waals surface area contributed by atoms with Gasteiger partial charge in [0, 0.05) is 17.5 Å². The summed E-state index contributed by atoms with van der Waals surface area (Å²) >= 11 is 1.62. The van der Waals surface area contributed by atoms with Crippen LogP contribution in [0.5, 0.6) is 0 Å². The van der Waals surface area contributed by atoms with E-state index in [0.717, 1.165) is 17.7 Å². The van der Waals surface area contributed by atoms with Gasteiger partial charge in [-0.1, -0.05) is 12.1 Å². The van der Waals surface area contributed by atoms with Crippen LogP contribution in [0.3, 0.4) is 0 Å². The normalized spacial score (nSPS) is 28.0. The molecule has 1 aliphatic carbocycles. The number of hydrogen-bond acceptors (Lipinski definition) is 4. The summed E-state index contributed by atoms with van der Waals surface area (Å²) in [7, 11) is 0. The lowest BCUT2D eigenvalue weighted by Gasteiger charge is -2.30. The van der Waals surface area contributed by atoms with Crippen LogP contribution in [-0.4, -0.2) is 48.8 Å². The van der Waals surface area contributed by atoms with Gasteiger partial charge in [-0.2, -0.15) is 0 Å². The van der Waals surface area contributed by atoms with Gasteiger partial charge in [0.2, 0.25) is 5.91 Å². The molecule has 2 aliphatic rings. The summed E-state index contributed by atoms with van der Waals surface area (Å²) in [6.45, 7) is 5.39. The van der Waals surface area contributed by atoms with Crippen molar-refractivity contribution in [3.05, 3.63) is 41.1 Å². The molecule has 2 fully saturated rings. The Kier molecular flexibility index (Phi) is 5.08. The van der Waals surface area contributed by atoms with Crippen molar-refractivity contribution in [2.75, 3.05) is 19.8 Å². The van der Waals surface area contributed by atoms with Crippen molar-refractivity contribution >= 4 is 23.3 Å². The van der Waals surface area contributed by atoms with E-state index in [-0.39, 0.29) is 24.2 Å². The van der Waals surface area contributed by atoms with Crippen molar-refractivity contribution < 1.29 is 14.3 Å². The van der Waals surface area contributed by atoms with Crippen LogP contribution in [0.15, 0.2) is 36.2 Å². The fourth-order valence-corrected chi connectivity index (χ4v) is 3.82. The monoisotopic (exact) mass is 319 g/mol. The number of ether oxygens (including phenoxy) is 2. The highest BCUT2D eigenvalue weighted by Gasteiger charge is 2.44. The second kappa shape index (κ2) is 7.22. The van der Waals surface area contributed by atoms with Gasteiger partial charge < -0.3 is 14.4 Å². The van der Waals surface area contributed by atoms with Crippen LogP contribution < -0.4 is 0 Å². The van der Waals surface area contributed by atoms with Crippen LogP contribution in [-0.2, 0) is 14.3 Å². The van der Waals surface area contributed by atoms with Gasteiger partial charge >= 0.3 is 0 Å². The number of hydrogen-bond donors (Lipinski definition) is 0. The molecular formula is C17H21NO3S. The van der Waals surface area contributed by atoms with Gasteiger partial charge in [0.05, 0.1) is 25.4 Å². The SMILES string of the molecule is C=CCO[C@H]1[C@H]2CC[C@H]1OCCN2C(=O)/C=C/c1cccs1. The highest BCUT2D eigenvalue weighted by atomic mass is 32.1. The van der Waals surface area contributed by atoms with E-state index in [1.165, 1.54) is 0 Å². The molecule has 1 aromatic heterocycles. The number of carbonyl (C=O) groups is 1. The summed E-state index contributed by atoms with van der Waals surface area (Å²) in [4.78, 5) is 15.6. The maximum Gasteiger partial charge on any atom is 0.247 e. The molecule has 1 aliphatic heterocycles. The van der Waals surface area contributed by atoms with Crippen LogP contribution in [0.25, 0.3) is 6.08 Å². The minimum absolute atomic E-state index is 0.0387.